The Hall–Kier alpha value is -1.44. The molecule has 122 valence electrons. The smallest absolute Gasteiger partial charge is 0.326 e. The first-order valence-corrected chi connectivity index (χ1v) is 8.93. The molecule has 0 bridgehead atoms. The molecule has 22 heavy (non-hydrogen) atoms. The number of carboxylic acids is 1. The molecular formula is C15H21NO5S. The first kappa shape index (κ1) is 16.9. The Morgan fingerprint density at radius 2 is 2.23 bits per heavy atom. The molecule has 1 aliphatic heterocycles. The van der Waals surface area contributed by atoms with Crippen molar-refractivity contribution in [3.05, 3.63) is 35.4 Å². The summed E-state index contributed by atoms with van der Waals surface area (Å²) in [4.78, 5) is 11.4. The zero-order valence-electron chi connectivity index (χ0n) is 12.5. The molecule has 2 rings (SSSR count). The number of aliphatic carboxylic acids is 1. The van der Waals surface area contributed by atoms with Gasteiger partial charge in [-0.25, -0.2) is 8.42 Å². The second kappa shape index (κ2) is 7.21. The lowest BCUT2D eigenvalue weighted by Crippen LogP contribution is -2.39. The first-order chi connectivity index (χ1) is 10.4. The van der Waals surface area contributed by atoms with E-state index in [1.807, 2.05) is 13.0 Å². The Morgan fingerprint density at radius 1 is 1.45 bits per heavy atom. The summed E-state index contributed by atoms with van der Waals surface area (Å²) in [5, 5.41) is 9.33. The fourth-order valence-electron chi connectivity index (χ4n) is 2.52. The Morgan fingerprint density at radius 3 is 2.82 bits per heavy atom. The maximum absolute atomic E-state index is 12.2. The highest BCUT2D eigenvalue weighted by Gasteiger charge is 2.29. The average Bonchev–Trinajstić information content (AvgIpc) is 2.45. The standard InChI is InChI=1S/C15H21NO5S/c1-11-5-4-6-12(9-11)14(15(17)18)16-22(19,20)10-13-7-2-3-8-21-13/h4-6,9,13-14,16H,2-3,7-8,10H2,1H3,(H,17,18). The van der Waals surface area contributed by atoms with Crippen molar-refractivity contribution < 1.29 is 23.1 Å². The minimum absolute atomic E-state index is 0.206. The highest BCUT2D eigenvalue weighted by Crippen LogP contribution is 2.18. The average molecular weight is 327 g/mol. The molecular weight excluding hydrogens is 306 g/mol. The topological polar surface area (TPSA) is 92.7 Å². The number of hydrogen-bond acceptors (Lipinski definition) is 4. The molecule has 0 aliphatic carbocycles. The fraction of sp³-hybridized carbons (Fsp3) is 0.533. The van der Waals surface area contributed by atoms with Crippen molar-refractivity contribution in [2.75, 3.05) is 12.4 Å². The van der Waals surface area contributed by atoms with Gasteiger partial charge < -0.3 is 9.84 Å². The lowest BCUT2D eigenvalue weighted by molar-refractivity contribution is -0.139. The number of sulfonamides is 1. The van der Waals surface area contributed by atoms with Crippen molar-refractivity contribution in [2.24, 2.45) is 0 Å². The van der Waals surface area contributed by atoms with Gasteiger partial charge in [0.2, 0.25) is 10.0 Å². The van der Waals surface area contributed by atoms with Gasteiger partial charge in [-0.1, -0.05) is 29.8 Å². The molecule has 0 saturated carbocycles. The Labute approximate surface area is 130 Å². The van der Waals surface area contributed by atoms with Crippen molar-refractivity contribution in [1.82, 2.24) is 4.72 Å². The molecule has 7 heteroatoms. The van der Waals surface area contributed by atoms with Gasteiger partial charge in [0.05, 0.1) is 11.9 Å². The second-order valence-corrected chi connectivity index (χ2v) is 7.37. The highest BCUT2D eigenvalue weighted by molar-refractivity contribution is 7.89. The zero-order valence-corrected chi connectivity index (χ0v) is 13.3. The summed E-state index contributed by atoms with van der Waals surface area (Å²) in [7, 11) is -3.74. The first-order valence-electron chi connectivity index (χ1n) is 7.28. The van der Waals surface area contributed by atoms with Gasteiger partial charge in [-0.3, -0.25) is 4.79 Å². The molecule has 0 radical (unpaired) electrons. The van der Waals surface area contributed by atoms with Crippen LogP contribution in [0.25, 0.3) is 0 Å². The summed E-state index contributed by atoms with van der Waals surface area (Å²) in [6.07, 6.45) is 2.19. The van der Waals surface area contributed by atoms with Crippen LogP contribution in [0.4, 0.5) is 0 Å². The maximum Gasteiger partial charge on any atom is 0.326 e. The Balaban J connectivity index is 2.11. The maximum atomic E-state index is 12.2. The monoisotopic (exact) mass is 327 g/mol. The van der Waals surface area contributed by atoms with Gasteiger partial charge in [-0.05, 0) is 31.7 Å². The quantitative estimate of drug-likeness (QED) is 0.828. The van der Waals surface area contributed by atoms with Gasteiger partial charge in [0.15, 0.2) is 0 Å². The van der Waals surface area contributed by atoms with Crippen molar-refractivity contribution >= 4 is 16.0 Å². The molecule has 1 fully saturated rings. The predicted molar refractivity (Wildman–Crippen MR) is 82.1 cm³/mol. The number of rotatable bonds is 6. The zero-order chi connectivity index (χ0) is 16.2. The van der Waals surface area contributed by atoms with Crippen LogP contribution in [-0.4, -0.2) is 38.0 Å². The molecule has 2 unspecified atom stereocenters. The van der Waals surface area contributed by atoms with Gasteiger partial charge >= 0.3 is 5.97 Å². The van der Waals surface area contributed by atoms with Crippen LogP contribution in [0.15, 0.2) is 24.3 Å². The summed E-state index contributed by atoms with van der Waals surface area (Å²) in [6.45, 7) is 2.38. The number of aryl methyl sites for hydroxylation is 1. The summed E-state index contributed by atoms with van der Waals surface area (Å²) >= 11 is 0. The van der Waals surface area contributed by atoms with E-state index in [1.54, 1.807) is 18.2 Å². The third kappa shape index (κ3) is 4.79. The number of carbonyl (C=O) groups is 1. The number of hydrogen-bond donors (Lipinski definition) is 2. The van der Waals surface area contributed by atoms with Gasteiger partial charge in [0.25, 0.3) is 0 Å². The van der Waals surface area contributed by atoms with E-state index < -0.39 is 22.0 Å². The van der Waals surface area contributed by atoms with E-state index in [-0.39, 0.29) is 11.9 Å². The van der Waals surface area contributed by atoms with Crippen LogP contribution in [0.2, 0.25) is 0 Å². The van der Waals surface area contributed by atoms with E-state index in [4.69, 9.17) is 4.74 Å². The van der Waals surface area contributed by atoms with Gasteiger partial charge in [-0.15, -0.1) is 0 Å². The van der Waals surface area contributed by atoms with Crippen LogP contribution in [-0.2, 0) is 19.6 Å². The molecule has 1 aliphatic rings. The molecule has 6 nitrogen and oxygen atoms in total. The second-order valence-electron chi connectivity index (χ2n) is 5.57. The lowest BCUT2D eigenvalue weighted by atomic mass is 10.1. The number of benzene rings is 1. The Bertz CT molecular complexity index is 623. The minimum Gasteiger partial charge on any atom is -0.480 e. The third-order valence-corrected chi connectivity index (χ3v) is 5.00. The molecule has 1 aromatic carbocycles. The van der Waals surface area contributed by atoms with Crippen LogP contribution < -0.4 is 4.72 Å². The summed E-state index contributed by atoms with van der Waals surface area (Å²) < 4.78 is 32.1. The molecule has 0 aromatic heterocycles. The number of carboxylic acid groups (broad SMARTS) is 1. The number of ether oxygens (including phenoxy) is 1. The van der Waals surface area contributed by atoms with E-state index in [1.165, 1.54) is 0 Å². The third-order valence-electron chi connectivity index (χ3n) is 3.60. The van der Waals surface area contributed by atoms with Crippen LogP contribution in [0.5, 0.6) is 0 Å². The van der Waals surface area contributed by atoms with Crippen LogP contribution in [0.3, 0.4) is 0 Å². The SMILES string of the molecule is Cc1cccc(C(NS(=O)(=O)CC2CCCCO2)C(=O)O)c1. The van der Waals surface area contributed by atoms with Crippen LogP contribution in [0, 0.1) is 6.92 Å². The van der Waals surface area contributed by atoms with Crippen LogP contribution >= 0.6 is 0 Å². The molecule has 1 aromatic rings. The molecule has 1 heterocycles. The van der Waals surface area contributed by atoms with E-state index in [0.29, 0.717) is 18.6 Å². The van der Waals surface area contributed by atoms with Gasteiger partial charge in [-0.2, -0.15) is 4.72 Å². The minimum atomic E-state index is -3.74. The lowest BCUT2D eigenvalue weighted by Gasteiger charge is -2.23. The van der Waals surface area contributed by atoms with E-state index >= 15 is 0 Å². The van der Waals surface area contributed by atoms with Crippen molar-refractivity contribution in [3.63, 3.8) is 0 Å². The fourth-order valence-corrected chi connectivity index (χ4v) is 3.97. The van der Waals surface area contributed by atoms with E-state index in [2.05, 4.69) is 4.72 Å². The summed E-state index contributed by atoms with van der Waals surface area (Å²) in [5.41, 5.74) is 1.29. The van der Waals surface area contributed by atoms with Crippen molar-refractivity contribution in [1.29, 1.82) is 0 Å². The molecule has 0 spiro atoms. The Kier molecular flexibility index (Phi) is 5.55. The summed E-state index contributed by atoms with van der Waals surface area (Å²) in [5.74, 6) is -1.43. The molecule has 2 atom stereocenters. The normalized spacial score (nSPS) is 20.5. The molecule has 2 N–H and O–H groups in total. The van der Waals surface area contributed by atoms with Gasteiger partial charge in [0.1, 0.15) is 6.04 Å². The predicted octanol–water partition coefficient (Wildman–Crippen LogP) is 1.61. The summed E-state index contributed by atoms with van der Waals surface area (Å²) in [6, 6.07) is 5.52. The van der Waals surface area contributed by atoms with E-state index in [0.717, 1.165) is 18.4 Å². The van der Waals surface area contributed by atoms with Gasteiger partial charge in [0, 0.05) is 6.61 Å². The van der Waals surface area contributed by atoms with Crippen LogP contribution in [0.1, 0.15) is 36.4 Å². The molecule has 1 saturated heterocycles. The van der Waals surface area contributed by atoms with Crippen molar-refractivity contribution in [3.8, 4) is 0 Å². The van der Waals surface area contributed by atoms with Crippen molar-refractivity contribution in [2.45, 2.75) is 38.3 Å². The largest absolute Gasteiger partial charge is 0.480 e. The number of nitrogens with one attached hydrogen (secondary N) is 1. The molecule has 0 amide bonds. The van der Waals surface area contributed by atoms with E-state index in [9.17, 15) is 18.3 Å². The highest BCUT2D eigenvalue weighted by atomic mass is 32.2.